The largest absolute Gasteiger partial charge is 0.365 e. The first kappa shape index (κ1) is 11.5. The number of non-ortho nitro benzene ring substituents is 1. The second-order valence-electron chi connectivity index (χ2n) is 4.31. The molecule has 1 N–H and O–H groups in total. The maximum atomic E-state index is 14.0. The number of tetrazole rings is 1. The highest BCUT2D eigenvalue weighted by Gasteiger charge is 2.32. The van der Waals surface area contributed by atoms with Crippen LogP contribution < -0.4 is 5.69 Å². The minimum absolute atomic E-state index is 0.0283. The summed E-state index contributed by atoms with van der Waals surface area (Å²) < 4.78 is 14.8. The third-order valence-corrected chi connectivity index (χ3v) is 2.99. The summed E-state index contributed by atoms with van der Waals surface area (Å²) in [5.74, 6) is -0.721. The van der Waals surface area contributed by atoms with Gasteiger partial charge in [-0.1, -0.05) is 0 Å². The molecule has 9 heteroatoms. The first-order valence-corrected chi connectivity index (χ1v) is 5.56. The molecule has 1 aromatic carbocycles. The Labute approximate surface area is 105 Å². The summed E-state index contributed by atoms with van der Waals surface area (Å²) in [4.78, 5) is 21.5. The van der Waals surface area contributed by atoms with E-state index in [1.54, 1.807) is 0 Å². The molecule has 0 aliphatic heterocycles. The molecule has 1 aliphatic carbocycles. The molecule has 0 saturated heterocycles. The summed E-state index contributed by atoms with van der Waals surface area (Å²) in [6, 6.07) is 2.00. The smallest absolute Gasteiger partial charge is 0.258 e. The molecule has 2 aromatic rings. The highest BCUT2D eigenvalue weighted by atomic mass is 19.1. The summed E-state index contributed by atoms with van der Waals surface area (Å²) in [6.07, 6.45) is 1.57. The van der Waals surface area contributed by atoms with E-state index in [-0.39, 0.29) is 17.2 Å². The zero-order valence-electron chi connectivity index (χ0n) is 9.54. The van der Waals surface area contributed by atoms with E-state index in [4.69, 9.17) is 0 Å². The highest BCUT2D eigenvalue weighted by Crippen LogP contribution is 2.44. The first-order valence-electron chi connectivity index (χ1n) is 5.56. The molecule has 0 unspecified atom stereocenters. The molecule has 1 saturated carbocycles. The van der Waals surface area contributed by atoms with Gasteiger partial charge in [0.05, 0.1) is 16.7 Å². The Bertz CT molecular complexity index is 718. The Morgan fingerprint density at radius 1 is 1.47 bits per heavy atom. The van der Waals surface area contributed by atoms with Gasteiger partial charge in [-0.2, -0.15) is 4.68 Å². The third kappa shape index (κ3) is 1.88. The molecule has 3 rings (SSSR count). The Morgan fingerprint density at radius 2 is 2.21 bits per heavy atom. The van der Waals surface area contributed by atoms with Crippen LogP contribution in [-0.4, -0.2) is 25.1 Å². The fraction of sp³-hybridized carbons (Fsp3) is 0.300. The number of nitro groups is 1. The SMILES string of the molecule is O=c1[nH]nnn1-c1cc([N+](=O)[O-])cc(F)c1C1CC1. The zero-order valence-corrected chi connectivity index (χ0v) is 9.54. The van der Waals surface area contributed by atoms with Crippen LogP contribution in [-0.2, 0) is 0 Å². The molecule has 19 heavy (non-hydrogen) atoms. The molecule has 1 heterocycles. The molecule has 0 atom stereocenters. The third-order valence-electron chi connectivity index (χ3n) is 2.99. The van der Waals surface area contributed by atoms with Gasteiger partial charge in [-0.05, 0) is 29.2 Å². The molecule has 1 aliphatic rings. The summed E-state index contributed by atoms with van der Waals surface area (Å²) in [5, 5.41) is 19.7. The van der Waals surface area contributed by atoms with E-state index >= 15 is 0 Å². The van der Waals surface area contributed by atoms with Crippen LogP contribution in [0.3, 0.4) is 0 Å². The predicted molar refractivity (Wildman–Crippen MR) is 60.6 cm³/mol. The molecule has 1 fully saturated rings. The summed E-state index contributed by atoms with van der Waals surface area (Å²) in [5.41, 5.74) is -0.733. The Kier molecular flexibility index (Phi) is 2.40. The van der Waals surface area contributed by atoms with Crippen molar-refractivity contribution in [3.63, 3.8) is 0 Å². The van der Waals surface area contributed by atoms with Crippen molar-refractivity contribution >= 4 is 5.69 Å². The quantitative estimate of drug-likeness (QED) is 0.654. The van der Waals surface area contributed by atoms with Crippen molar-refractivity contribution < 1.29 is 9.31 Å². The molecule has 0 amide bonds. The number of nitrogens with one attached hydrogen (secondary N) is 1. The average molecular weight is 265 g/mol. The van der Waals surface area contributed by atoms with Crippen molar-refractivity contribution in [3.05, 3.63) is 44.1 Å². The molecule has 8 nitrogen and oxygen atoms in total. The number of nitro benzene ring substituents is 1. The Hall–Kier alpha value is -2.58. The van der Waals surface area contributed by atoms with E-state index in [0.717, 1.165) is 29.7 Å². The van der Waals surface area contributed by atoms with Gasteiger partial charge in [0, 0.05) is 11.6 Å². The molecular weight excluding hydrogens is 257 g/mol. The second-order valence-corrected chi connectivity index (χ2v) is 4.31. The standard InChI is InChI=1S/C10H8FN5O3/c11-7-3-6(16(18)19)4-8(9(7)5-1-2-5)15-10(17)12-13-14-15/h3-5H,1-2H2,(H,12,14,17). The maximum Gasteiger partial charge on any atom is 0.365 e. The normalized spacial score (nSPS) is 14.6. The van der Waals surface area contributed by atoms with Crippen molar-refractivity contribution in [1.29, 1.82) is 0 Å². The topological polar surface area (TPSA) is 107 Å². The number of rotatable bonds is 3. The van der Waals surface area contributed by atoms with Gasteiger partial charge in [0.2, 0.25) is 0 Å². The number of hydrogen-bond acceptors (Lipinski definition) is 5. The van der Waals surface area contributed by atoms with Gasteiger partial charge in [0.15, 0.2) is 0 Å². The van der Waals surface area contributed by atoms with Crippen LogP contribution in [0.5, 0.6) is 0 Å². The summed E-state index contributed by atoms with van der Waals surface area (Å²) >= 11 is 0. The monoisotopic (exact) mass is 265 g/mol. The van der Waals surface area contributed by atoms with E-state index < -0.39 is 22.1 Å². The van der Waals surface area contributed by atoms with Gasteiger partial charge in [-0.15, -0.1) is 0 Å². The first-order chi connectivity index (χ1) is 9.08. The number of benzene rings is 1. The van der Waals surface area contributed by atoms with Crippen LogP contribution >= 0.6 is 0 Å². The second kappa shape index (κ2) is 3.97. The fourth-order valence-corrected chi connectivity index (χ4v) is 2.00. The number of H-pyrrole nitrogens is 1. The lowest BCUT2D eigenvalue weighted by Crippen LogP contribution is -2.18. The van der Waals surface area contributed by atoms with Gasteiger partial charge in [-0.3, -0.25) is 10.1 Å². The van der Waals surface area contributed by atoms with Crippen LogP contribution in [0.15, 0.2) is 16.9 Å². The van der Waals surface area contributed by atoms with Crippen LogP contribution in [0.4, 0.5) is 10.1 Å². The van der Waals surface area contributed by atoms with Crippen LogP contribution in [0.1, 0.15) is 24.3 Å². The van der Waals surface area contributed by atoms with Crippen LogP contribution in [0.2, 0.25) is 0 Å². The molecule has 1 aromatic heterocycles. The van der Waals surface area contributed by atoms with Crippen molar-refractivity contribution in [3.8, 4) is 5.69 Å². The number of hydrogen-bond donors (Lipinski definition) is 1. The summed E-state index contributed by atoms with van der Waals surface area (Å²) in [7, 11) is 0. The van der Waals surface area contributed by atoms with Crippen LogP contribution in [0, 0.1) is 15.9 Å². The highest BCUT2D eigenvalue weighted by molar-refractivity contribution is 5.52. The lowest BCUT2D eigenvalue weighted by Gasteiger charge is -2.08. The van der Waals surface area contributed by atoms with E-state index in [2.05, 4.69) is 15.5 Å². The number of aromatic nitrogens is 4. The van der Waals surface area contributed by atoms with Gasteiger partial charge in [-0.25, -0.2) is 14.3 Å². The molecule has 0 spiro atoms. The number of halogens is 1. The maximum absolute atomic E-state index is 14.0. The predicted octanol–water partition coefficient (Wildman–Crippen LogP) is 0.880. The summed E-state index contributed by atoms with van der Waals surface area (Å²) in [6.45, 7) is 0. The van der Waals surface area contributed by atoms with E-state index in [1.807, 2.05) is 0 Å². The number of nitrogens with zero attached hydrogens (tertiary/aromatic N) is 4. The minimum atomic E-state index is -0.714. The van der Waals surface area contributed by atoms with Gasteiger partial charge < -0.3 is 0 Å². The van der Waals surface area contributed by atoms with Crippen molar-refractivity contribution in [2.45, 2.75) is 18.8 Å². The van der Waals surface area contributed by atoms with E-state index in [1.165, 1.54) is 0 Å². The van der Waals surface area contributed by atoms with E-state index in [9.17, 15) is 19.3 Å². The van der Waals surface area contributed by atoms with Crippen molar-refractivity contribution in [2.24, 2.45) is 0 Å². The van der Waals surface area contributed by atoms with Gasteiger partial charge >= 0.3 is 5.69 Å². The van der Waals surface area contributed by atoms with Crippen molar-refractivity contribution in [2.75, 3.05) is 0 Å². The Balaban J connectivity index is 2.28. The molecular formula is C10H8FN5O3. The lowest BCUT2D eigenvalue weighted by molar-refractivity contribution is -0.385. The average Bonchev–Trinajstić information content (AvgIpc) is 3.10. The van der Waals surface area contributed by atoms with Gasteiger partial charge in [0.1, 0.15) is 5.82 Å². The molecule has 0 radical (unpaired) electrons. The van der Waals surface area contributed by atoms with E-state index in [0.29, 0.717) is 0 Å². The molecule has 0 bridgehead atoms. The fourth-order valence-electron chi connectivity index (χ4n) is 2.00. The minimum Gasteiger partial charge on any atom is -0.258 e. The molecule has 98 valence electrons. The zero-order chi connectivity index (χ0) is 13.6. The van der Waals surface area contributed by atoms with Crippen LogP contribution in [0.25, 0.3) is 5.69 Å². The lowest BCUT2D eigenvalue weighted by atomic mass is 10.1. The van der Waals surface area contributed by atoms with Gasteiger partial charge in [0.25, 0.3) is 5.69 Å². The Morgan fingerprint density at radius 3 is 2.74 bits per heavy atom. The number of aromatic amines is 1. The van der Waals surface area contributed by atoms with Crippen molar-refractivity contribution in [1.82, 2.24) is 20.2 Å².